The van der Waals surface area contributed by atoms with Gasteiger partial charge in [0.05, 0.1) is 0 Å². The Hall–Kier alpha value is -0.530. The lowest BCUT2D eigenvalue weighted by molar-refractivity contribution is 0.444. The molecule has 96 valence electrons. The molecule has 0 aromatic heterocycles. The van der Waals surface area contributed by atoms with Crippen molar-refractivity contribution in [3.05, 3.63) is 35.4 Å². The van der Waals surface area contributed by atoms with Gasteiger partial charge in [-0.2, -0.15) is 0 Å². The highest BCUT2D eigenvalue weighted by Gasteiger charge is 2.23. The third-order valence-electron chi connectivity index (χ3n) is 3.87. The van der Waals surface area contributed by atoms with Gasteiger partial charge in [0, 0.05) is 6.04 Å². The zero-order chi connectivity index (χ0) is 11.5. The van der Waals surface area contributed by atoms with Gasteiger partial charge >= 0.3 is 0 Å². The molecule has 0 saturated heterocycles. The van der Waals surface area contributed by atoms with Crippen LogP contribution in [0.3, 0.4) is 0 Å². The average molecular weight is 254 g/mol. The fraction of sp³-hybridized carbons (Fsp3) is 0.600. The van der Waals surface area contributed by atoms with Crippen LogP contribution in [0, 0.1) is 5.92 Å². The molecule has 1 aliphatic rings. The molecule has 0 bridgehead atoms. The minimum absolute atomic E-state index is 0. The SMILES string of the molecule is CC(C)c1cccc(C(N)C2CCCC2)c1.Cl. The maximum Gasteiger partial charge on any atom is 0.0323 e. The van der Waals surface area contributed by atoms with Gasteiger partial charge in [-0.05, 0) is 35.8 Å². The summed E-state index contributed by atoms with van der Waals surface area (Å²) in [5.41, 5.74) is 9.11. The highest BCUT2D eigenvalue weighted by Crippen LogP contribution is 2.34. The Bertz CT molecular complexity index is 343. The van der Waals surface area contributed by atoms with Gasteiger partial charge in [0.15, 0.2) is 0 Å². The molecule has 0 radical (unpaired) electrons. The molecule has 1 fully saturated rings. The van der Waals surface area contributed by atoms with E-state index in [4.69, 9.17) is 5.73 Å². The third-order valence-corrected chi connectivity index (χ3v) is 3.87. The van der Waals surface area contributed by atoms with Crippen molar-refractivity contribution in [2.75, 3.05) is 0 Å². The zero-order valence-corrected chi connectivity index (χ0v) is 11.7. The maximum absolute atomic E-state index is 6.37. The summed E-state index contributed by atoms with van der Waals surface area (Å²) in [4.78, 5) is 0. The van der Waals surface area contributed by atoms with Gasteiger partial charge in [-0.1, -0.05) is 51.0 Å². The number of nitrogens with two attached hydrogens (primary N) is 1. The molecule has 17 heavy (non-hydrogen) atoms. The molecule has 0 aliphatic heterocycles. The number of hydrogen-bond donors (Lipinski definition) is 1. The maximum atomic E-state index is 6.37. The van der Waals surface area contributed by atoms with Gasteiger partial charge in [-0.3, -0.25) is 0 Å². The van der Waals surface area contributed by atoms with Crippen LogP contribution in [0.2, 0.25) is 0 Å². The Morgan fingerprint density at radius 1 is 1.12 bits per heavy atom. The van der Waals surface area contributed by atoms with Crippen molar-refractivity contribution in [3.63, 3.8) is 0 Å². The first-order valence-corrected chi connectivity index (χ1v) is 6.54. The van der Waals surface area contributed by atoms with Crippen LogP contribution >= 0.6 is 12.4 Å². The first kappa shape index (κ1) is 14.5. The summed E-state index contributed by atoms with van der Waals surface area (Å²) in [5.74, 6) is 1.30. The third kappa shape index (κ3) is 3.46. The quantitative estimate of drug-likeness (QED) is 0.848. The number of rotatable bonds is 3. The van der Waals surface area contributed by atoms with Crippen molar-refractivity contribution in [1.29, 1.82) is 0 Å². The topological polar surface area (TPSA) is 26.0 Å². The lowest BCUT2D eigenvalue weighted by Crippen LogP contribution is -2.19. The summed E-state index contributed by atoms with van der Waals surface area (Å²) in [5, 5.41) is 0. The summed E-state index contributed by atoms with van der Waals surface area (Å²) < 4.78 is 0. The van der Waals surface area contributed by atoms with E-state index in [9.17, 15) is 0 Å². The second-order valence-electron chi connectivity index (χ2n) is 5.40. The molecular weight excluding hydrogens is 230 g/mol. The van der Waals surface area contributed by atoms with Crippen molar-refractivity contribution in [2.24, 2.45) is 11.7 Å². The number of hydrogen-bond acceptors (Lipinski definition) is 1. The van der Waals surface area contributed by atoms with E-state index >= 15 is 0 Å². The van der Waals surface area contributed by atoms with Crippen LogP contribution in [-0.4, -0.2) is 0 Å². The smallest absolute Gasteiger partial charge is 0.0323 e. The van der Waals surface area contributed by atoms with Crippen LogP contribution < -0.4 is 5.73 Å². The normalized spacial score (nSPS) is 18.1. The Morgan fingerprint density at radius 3 is 2.29 bits per heavy atom. The first-order valence-electron chi connectivity index (χ1n) is 6.54. The van der Waals surface area contributed by atoms with Crippen LogP contribution in [0.1, 0.15) is 62.6 Å². The monoisotopic (exact) mass is 253 g/mol. The molecule has 2 N–H and O–H groups in total. The van der Waals surface area contributed by atoms with Crippen LogP contribution in [0.25, 0.3) is 0 Å². The van der Waals surface area contributed by atoms with Gasteiger partial charge in [0.1, 0.15) is 0 Å². The van der Waals surface area contributed by atoms with Crippen molar-refractivity contribution >= 4 is 12.4 Å². The highest BCUT2D eigenvalue weighted by atomic mass is 35.5. The molecule has 1 aromatic carbocycles. The molecule has 2 heteroatoms. The van der Waals surface area contributed by atoms with E-state index in [1.165, 1.54) is 36.8 Å². The van der Waals surface area contributed by atoms with E-state index < -0.39 is 0 Å². The fourth-order valence-electron chi connectivity index (χ4n) is 2.71. The molecular formula is C15H24ClN. The van der Waals surface area contributed by atoms with Crippen molar-refractivity contribution < 1.29 is 0 Å². The molecule has 1 aliphatic carbocycles. The molecule has 1 unspecified atom stereocenters. The van der Waals surface area contributed by atoms with E-state index in [1.807, 2.05) is 0 Å². The van der Waals surface area contributed by atoms with E-state index in [0.29, 0.717) is 11.8 Å². The second kappa shape index (κ2) is 6.42. The predicted octanol–water partition coefficient (Wildman–Crippen LogP) is 4.42. The van der Waals surface area contributed by atoms with E-state index in [-0.39, 0.29) is 18.4 Å². The summed E-state index contributed by atoms with van der Waals surface area (Å²) in [6, 6.07) is 9.10. The van der Waals surface area contributed by atoms with Gasteiger partial charge in [0.2, 0.25) is 0 Å². The summed E-state index contributed by atoms with van der Waals surface area (Å²) in [6.07, 6.45) is 5.35. The lowest BCUT2D eigenvalue weighted by atomic mass is 9.90. The molecule has 1 atom stereocenters. The average Bonchev–Trinajstić information content (AvgIpc) is 2.81. The highest BCUT2D eigenvalue weighted by molar-refractivity contribution is 5.85. The van der Waals surface area contributed by atoms with Crippen molar-refractivity contribution in [1.82, 2.24) is 0 Å². The standard InChI is InChI=1S/C15H23N.ClH/c1-11(2)13-8-5-9-14(10-13)15(16)12-6-3-4-7-12;/h5,8-12,15H,3-4,6-7,16H2,1-2H3;1H. The van der Waals surface area contributed by atoms with Crippen molar-refractivity contribution in [3.8, 4) is 0 Å². The molecule has 2 rings (SSSR count). The molecule has 1 aromatic rings. The van der Waals surface area contributed by atoms with E-state index in [1.54, 1.807) is 0 Å². The Balaban J connectivity index is 0.00000144. The van der Waals surface area contributed by atoms with Crippen LogP contribution in [0.15, 0.2) is 24.3 Å². The largest absolute Gasteiger partial charge is 0.324 e. The molecule has 0 heterocycles. The van der Waals surface area contributed by atoms with Crippen LogP contribution in [0.5, 0.6) is 0 Å². The van der Waals surface area contributed by atoms with Crippen molar-refractivity contribution in [2.45, 2.75) is 51.5 Å². The first-order chi connectivity index (χ1) is 7.68. The minimum atomic E-state index is 0. The lowest BCUT2D eigenvalue weighted by Gasteiger charge is -2.20. The molecule has 1 nitrogen and oxygen atoms in total. The fourth-order valence-corrected chi connectivity index (χ4v) is 2.71. The minimum Gasteiger partial charge on any atom is -0.324 e. The second-order valence-corrected chi connectivity index (χ2v) is 5.40. The summed E-state index contributed by atoms with van der Waals surface area (Å²) in [7, 11) is 0. The molecule has 0 spiro atoms. The summed E-state index contributed by atoms with van der Waals surface area (Å²) >= 11 is 0. The molecule has 0 amide bonds. The van der Waals surface area contributed by atoms with E-state index in [0.717, 1.165) is 0 Å². The Morgan fingerprint density at radius 2 is 1.71 bits per heavy atom. The predicted molar refractivity (Wildman–Crippen MR) is 76.7 cm³/mol. The Labute approximate surface area is 111 Å². The number of halogens is 1. The van der Waals surface area contributed by atoms with Gasteiger partial charge < -0.3 is 5.73 Å². The summed E-state index contributed by atoms with van der Waals surface area (Å²) in [6.45, 7) is 4.47. The van der Waals surface area contributed by atoms with Gasteiger partial charge in [-0.25, -0.2) is 0 Å². The van der Waals surface area contributed by atoms with E-state index in [2.05, 4.69) is 38.1 Å². The number of benzene rings is 1. The van der Waals surface area contributed by atoms with Gasteiger partial charge in [-0.15, -0.1) is 12.4 Å². The molecule has 1 saturated carbocycles. The van der Waals surface area contributed by atoms with Crippen LogP contribution in [-0.2, 0) is 0 Å². The zero-order valence-electron chi connectivity index (χ0n) is 10.9. The Kier molecular flexibility index (Phi) is 5.48. The van der Waals surface area contributed by atoms with Gasteiger partial charge in [0.25, 0.3) is 0 Å². The van der Waals surface area contributed by atoms with Crippen LogP contribution in [0.4, 0.5) is 0 Å².